The molecule has 1 amide bonds. The van der Waals surface area contributed by atoms with Gasteiger partial charge >= 0.3 is 0 Å². The molecule has 1 aromatic carbocycles. The maximum atomic E-state index is 11.9. The van der Waals surface area contributed by atoms with Gasteiger partial charge in [-0.25, -0.2) is 0 Å². The highest BCUT2D eigenvalue weighted by Gasteiger charge is 2.09. The van der Waals surface area contributed by atoms with Crippen molar-refractivity contribution in [2.24, 2.45) is 0 Å². The number of rotatable bonds is 3. The quantitative estimate of drug-likeness (QED) is 0.760. The van der Waals surface area contributed by atoms with Crippen LogP contribution in [0.4, 0.5) is 11.4 Å². The standard InChI is InChI=1S/C13H13N3O2/c14-12-7-15-6-5-11(12)13(18)16-10-3-1-9(8-17)2-4-10/h1-7,17H,8,14H2,(H,16,18). The second kappa shape index (κ2) is 5.29. The van der Waals surface area contributed by atoms with Crippen LogP contribution in [0.2, 0.25) is 0 Å². The summed E-state index contributed by atoms with van der Waals surface area (Å²) in [5.74, 6) is -0.286. The predicted octanol–water partition coefficient (Wildman–Crippen LogP) is 1.41. The molecule has 1 heterocycles. The van der Waals surface area contributed by atoms with E-state index in [1.807, 2.05) is 0 Å². The highest BCUT2D eigenvalue weighted by molar-refractivity contribution is 6.07. The van der Waals surface area contributed by atoms with Gasteiger partial charge in [0.25, 0.3) is 5.91 Å². The molecular formula is C13H13N3O2. The van der Waals surface area contributed by atoms with Crippen molar-refractivity contribution in [2.75, 3.05) is 11.1 Å². The number of carbonyl (C=O) groups is 1. The van der Waals surface area contributed by atoms with Gasteiger partial charge in [-0.3, -0.25) is 9.78 Å². The fourth-order valence-corrected chi connectivity index (χ4v) is 1.51. The monoisotopic (exact) mass is 243 g/mol. The van der Waals surface area contributed by atoms with Crippen molar-refractivity contribution < 1.29 is 9.90 Å². The zero-order valence-corrected chi connectivity index (χ0v) is 9.63. The van der Waals surface area contributed by atoms with Crippen LogP contribution in [0.15, 0.2) is 42.7 Å². The van der Waals surface area contributed by atoms with Gasteiger partial charge in [-0.05, 0) is 23.8 Å². The van der Waals surface area contributed by atoms with Crippen LogP contribution in [0.1, 0.15) is 15.9 Å². The fourth-order valence-electron chi connectivity index (χ4n) is 1.51. The number of nitrogen functional groups attached to an aromatic ring is 1. The molecule has 0 aliphatic heterocycles. The average Bonchev–Trinajstić information content (AvgIpc) is 2.40. The number of nitrogens with one attached hydrogen (secondary N) is 1. The fraction of sp³-hybridized carbons (Fsp3) is 0.0769. The van der Waals surface area contributed by atoms with E-state index in [2.05, 4.69) is 10.3 Å². The largest absolute Gasteiger partial charge is 0.397 e. The number of nitrogens with two attached hydrogens (primary N) is 1. The third-order valence-corrected chi connectivity index (χ3v) is 2.49. The number of aliphatic hydroxyl groups is 1. The number of hydrogen-bond donors (Lipinski definition) is 3. The molecule has 2 rings (SSSR count). The van der Waals surface area contributed by atoms with Gasteiger partial charge in [0.2, 0.25) is 0 Å². The number of amides is 1. The molecule has 0 aliphatic rings. The summed E-state index contributed by atoms with van der Waals surface area (Å²) in [6.07, 6.45) is 2.95. The molecule has 5 nitrogen and oxygen atoms in total. The Kier molecular flexibility index (Phi) is 3.54. The summed E-state index contributed by atoms with van der Waals surface area (Å²) >= 11 is 0. The molecule has 0 saturated carbocycles. The first-order chi connectivity index (χ1) is 8.70. The van der Waals surface area contributed by atoms with Crippen molar-refractivity contribution >= 4 is 17.3 Å². The Balaban J connectivity index is 2.14. The molecular weight excluding hydrogens is 230 g/mol. The van der Waals surface area contributed by atoms with Crippen LogP contribution in [-0.2, 0) is 6.61 Å². The minimum atomic E-state index is -0.286. The molecule has 1 aromatic heterocycles. The van der Waals surface area contributed by atoms with E-state index in [4.69, 9.17) is 10.8 Å². The summed E-state index contributed by atoms with van der Waals surface area (Å²) in [7, 11) is 0. The molecule has 0 atom stereocenters. The normalized spacial score (nSPS) is 10.1. The van der Waals surface area contributed by atoms with Gasteiger partial charge in [-0.15, -0.1) is 0 Å². The van der Waals surface area contributed by atoms with E-state index < -0.39 is 0 Å². The summed E-state index contributed by atoms with van der Waals surface area (Å²) in [5.41, 5.74) is 7.82. The van der Waals surface area contributed by atoms with Crippen LogP contribution in [-0.4, -0.2) is 16.0 Å². The second-order valence-electron chi connectivity index (χ2n) is 3.77. The first-order valence-corrected chi connectivity index (χ1v) is 5.41. The van der Waals surface area contributed by atoms with Gasteiger partial charge in [0.1, 0.15) is 0 Å². The minimum Gasteiger partial charge on any atom is -0.397 e. The van der Waals surface area contributed by atoms with E-state index in [1.165, 1.54) is 12.4 Å². The lowest BCUT2D eigenvalue weighted by atomic mass is 10.2. The predicted molar refractivity (Wildman–Crippen MR) is 69.0 cm³/mol. The minimum absolute atomic E-state index is 0.0223. The molecule has 0 unspecified atom stereocenters. The molecule has 5 heteroatoms. The Labute approximate surface area is 104 Å². The highest BCUT2D eigenvalue weighted by atomic mass is 16.3. The third kappa shape index (κ3) is 2.64. The van der Waals surface area contributed by atoms with E-state index in [-0.39, 0.29) is 12.5 Å². The maximum absolute atomic E-state index is 11.9. The van der Waals surface area contributed by atoms with Gasteiger partial charge in [0.15, 0.2) is 0 Å². The van der Waals surface area contributed by atoms with Crippen molar-refractivity contribution in [2.45, 2.75) is 6.61 Å². The van der Waals surface area contributed by atoms with Crippen LogP contribution < -0.4 is 11.1 Å². The highest BCUT2D eigenvalue weighted by Crippen LogP contribution is 2.14. The van der Waals surface area contributed by atoms with Gasteiger partial charge in [-0.1, -0.05) is 12.1 Å². The number of nitrogens with zero attached hydrogens (tertiary/aromatic N) is 1. The van der Waals surface area contributed by atoms with Crippen LogP contribution in [0, 0.1) is 0 Å². The molecule has 92 valence electrons. The van der Waals surface area contributed by atoms with Crippen LogP contribution >= 0.6 is 0 Å². The summed E-state index contributed by atoms with van der Waals surface area (Å²) in [5, 5.41) is 11.6. The van der Waals surface area contributed by atoms with E-state index >= 15 is 0 Å². The van der Waals surface area contributed by atoms with Crippen molar-refractivity contribution in [3.8, 4) is 0 Å². The Morgan fingerprint density at radius 3 is 2.61 bits per heavy atom. The van der Waals surface area contributed by atoms with E-state index in [0.717, 1.165) is 5.56 Å². The van der Waals surface area contributed by atoms with Crippen molar-refractivity contribution in [1.29, 1.82) is 0 Å². The van der Waals surface area contributed by atoms with Crippen molar-refractivity contribution in [1.82, 2.24) is 4.98 Å². The Hall–Kier alpha value is -2.40. The molecule has 4 N–H and O–H groups in total. The first-order valence-electron chi connectivity index (χ1n) is 5.41. The number of carbonyl (C=O) groups excluding carboxylic acids is 1. The molecule has 0 radical (unpaired) electrons. The Morgan fingerprint density at radius 2 is 2.00 bits per heavy atom. The van der Waals surface area contributed by atoms with Crippen LogP contribution in [0.3, 0.4) is 0 Å². The van der Waals surface area contributed by atoms with E-state index in [9.17, 15) is 4.79 Å². The van der Waals surface area contributed by atoms with Crippen LogP contribution in [0.25, 0.3) is 0 Å². The van der Waals surface area contributed by atoms with E-state index in [0.29, 0.717) is 16.9 Å². The lowest BCUT2D eigenvalue weighted by Gasteiger charge is -2.07. The summed E-state index contributed by atoms with van der Waals surface area (Å²) in [6.45, 7) is -0.0223. The molecule has 0 fully saturated rings. The third-order valence-electron chi connectivity index (χ3n) is 2.49. The number of aromatic nitrogens is 1. The van der Waals surface area contributed by atoms with Gasteiger partial charge in [0, 0.05) is 11.9 Å². The average molecular weight is 243 g/mol. The molecule has 0 aliphatic carbocycles. The maximum Gasteiger partial charge on any atom is 0.257 e. The molecule has 0 spiro atoms. The topological polar surface area (TPSA) is 88.2 Å². The Morgan fingerprint density at radius 1 is 1.28 bits per heavy atom. The molecule has 0 bridgehead atoms. The number of anilines is 2. The molecule has 0 saturated heterocycles. The molecule has 2 aromatic rings. The lowest BCUT2D eigenvalue weighted by Crippen LogP contribution is -2.14. The number of aliphatic hydroxyl groups excluding tert-OH is 1. The van der Waals surface area contributed by atoms with Gasteiger partial charge in [0.05, 0.1) is 24.1 Å². The first kappa shape index (κ1) is 12.1. The summed E-state index contributed by atoms with van der Waals surface area (Å²) in [6, 6.07) is 8.49. The van der Waals surface area contributed by atoms with Crippen LogP contribution in [0.5, 0.6) is 0 Å². The summed E-state index contributed by atoms with van der Waals surface area (Å²) in [4.78, 5) is 15.7. The van der Waals surface area contributed by atoms with Crippen molar-refractivity contribution in [3.05, 3.63) is 53.9 Å². The van der Waals surface area contributed by atoms with E-state index in [1.54, 1.807) is 30.3 Å². The second-order valence-corrected chi connectivity index (χ2v) is 3.77. The van der Waals surface area contributed by atoms with Gasteiger partial charge in [-0.2, -0.15) is 0 Å². The zero-order valence-electron chi connectivity index (χ0n) is 9.63. The zero-order chi connectivity index (χ0) is 13.0. The van der Waals surface area contributed by atoms with Crippen molar-refractivity contribution in [3.63, 3.8) is 0 Å². The molecule has 18 heavy (non-hydrogen) atoms. The number of benzene rings is 1. The summed E-state index contributed by atoms with van der Waals surface area (Å²) < 4.78 is 0. The SMILES string of the molecule is Nc1cnccc1C(=O)Nc1ccc(CO)cc1. The number of pyridine rings is 1. The number of hydrogen-bond acceptors (Lipinski definition) is 4. The smallest absolute Gasteiger partial charge is 0.257 e. The Bertz CT molecular complexity index is 552. The van der Waals surface area contributed by atoms with Gasteiger partial charge < -0.3 is 16.2 Å². The lowest BCUT2D eigenvalue weighted by molar-refractivity contribution is 0.102.